The van der Waals surface area contributed by atoms with Gasteiger partial charge >= 0.3 is 0 Å². The van der Waals surface area contributed by atoms with Gasteiger partial charge in [-0.25, -0.2) is 4.39 Å². The first kappa shape index (κ1) is 13.8. The summed E-state index contributed by atoms with van der Waals surface area (Å²) in [6.07, 6.45) is 3.34. The minimum Gasteiger partial charge on any atom is -0.495 e. The van der Waals surface area contributed by atoms with Crippen LogP contribution >= 0.6 is 0 Å². The van der Waals surface area contributed by atoms with Crippen molar-refractivity contribution in [1.82, 2.24) is 10.2 Å². The Balaban J connectivity index is 2.12. The highest BCUT2D eigenvalue weighted by atomic mass is 19.1. The van der Waals surface area contributed by atoms with Crippen molar-refractivity contribution in [2.45, 2.75) is 0 Å². The van der Waals surface area contributed by atoms with Crippen LogP contribution in [0.2, 0.25) is 0 Å². The van der Waals surface area contributed by atoms with Crippen LogP contribution in [0.25, 0.3) is 23.1 Å². The molecule has 2 aromatic carbocycles. The van der Waals surface area contributed by atoms with E-state index in [1.165, 1.54) is 13.2 Å². The third kappa shape index (κ3) is 2.31. The van der Waals surface area contributed by atoms with E-state index in [0.717, 1.165) is 5.52 Å². The number of halogens is 1. The largest absolute Gasteiger partial charge is 0.495 e. The van der Waals surface area contributed by atoms with Crippen molar-refractivity contribution < 1.29 is 9.13 Å². The van der Waals surface area contributed by atoms with E-state index in [1.54, 1.807) is 42.5 Å². The van der Waals surface area contributed by atoms with Gasteiger partial charge in [0.05, 0.1) is 29.3 Å². The number of ether oxygens (including phenoxy) is 1. The minimum atomic E-state index is -0.303. The summed E-state index contributed by atoms with van der Waals surface area (Å²) < 4.78 is 19.0. The topological polar surface area (TPSA) is 61.7 Å². The van der Waals surface area contributed by atoms with Crippen LogP contribution in [0.1, 0.15) is 16.8 Å². The molecular formula is C17H12FN3O. The first-order valence-electron chi connectivity index (χ1n) is 6.62. The predicted molar refractivity (Wildman–Crippen MR) is 82.7 cm³/mol. The Kier molecular flexibility index (Phi) is 3.58. The Labute approximate surface area is 126 Å². The lowest BCUT2D eigenvalue weighted by Crippen LogP contribution is -1.89. The van der Waals surface area contributed by atoms with E-state index in [9.17, 15) is 4.39 Å². The van der Waals surface area contributed by atoms with Crippen LogP contribution in [0.15, 0.2) is 36.4 Å². The summed E-state index contributed by atoms with van der Waals surface area (Å²) in [6, 6.07) is 12.0. The zero-order valence-corrected chi connectivity index (χ0v) is 11.8. The van der Waals surface area contributed by atoms with Gasteiger partial charge in [0, 0.05) is 5.56 Å². The number of rotatable bonds is 3. The number of nitrogens with zero attached hydrogens (tertiary/aromatic N) is 2. The average molecular weight is 293 g/mol. The Morgan fingerprint density at radius 3 is 2.77 bits per heavy atom. The smallest absolute Gasteiger partial charge is 0.148 e. The molecule has 5 heteroatoms. The van der Waals surface area contributed by atoms with Gasteiger partial charge in [-0.2, -0.15) is 10.4 Å². The van der Waals surface area contributed by atoms with Crippen LogP contribution in [-0.4, -0.2) is 17.3 Å². The number of nitrogens with one attached hydrogen (secondary N) is 1. The SMILES string of the molecule is COc1c(C#N)ccc2[nH]nc(C=Cc3ccccc3F)c12. The molecule has 0 amide bonds. The molecule has 0 aliphatic carbocycles. The Morgan fingerprint density at radius 2 is 2.05 bits per heavy atom. The molecule has 22 heavy (non-hydrogen) atoms. The van der Waals surface area contributed by atoms with Crippen LogP contribution in [0.4, 0.5) is 4.39 Å². The quantitative estimate of drug-likeness (QED) is 0.800. The molecule has 4 nitrogen and oxygen atoms in total. The maximum atomic E-state index is 13.6. The van der Waals surface area contributed by atoms with Gasteiger partial charge in [0.15, 0.2) is 0 Å². The summed E-state index contributed by atoms with van der Waals surface area (Å²) in [5, 5.41) is 16.9. The number of H-pyrrole nitrogens is 1. The van der Waals surface area contributed by atoms with Gasteiger partial charge in [-0.3, -0.25) is 5.10 Å². The summed E-state index contributed by atoms with van der Waals surface area (Å²) in [4.78, 5) is 0. The fourth-order valence-electron chi connectivity index (χ4n) is 2.31. The third-order valence-corrected chi connectivity index (χ3v) is 3.36. The van der Waals surface area contributed by atoms with Crippen LogP contribution in [0, 0.1) is 17.1 Å². The predicted octanol–water partition coefficient (Wildman–Crippen LogP) is 3.75. The van der Waals surface area contributed by atoms with Gasteiger partial charge in [0.25, 0.3) is 0 Å². The van der Waals surface area contributed by atoms with E-state index in [4.69, 9.17) is 10.00 Å². The lowest BCUT2D eigenvalue weighted by atomic mass is 10.1. The molecule has 0 atom stereocenters. The molecule has 3 aromatic rings. The van der Waals surface area contributed by atoms with Gasteiger partial charge in [-0.15, -0.1) is 0 Å². The number of hydrogen-bond donors (Lipinski definition) is 1. The number of aromatic amines is 1. The van der Waals surface area contributed by atoms with E-state index in [0.29, 0.717) is 28.0 Å². The summed E-state index contributed by atoms with van der Waals surface area (Å²) in [5.41, 5.74) is 2.24. The van der Waals surface area contributed by atoms with Crippen molar-refractivity contribution in [3.8, 4) is 11.8 Å². The monoisotopic (exact) mass is 293 g/mol. The molecule has 1 aromatic heterocycles. The molecule has 108 valence electrons. The fourth-order valence-corrected chi connectivity index (χ4v) is 2.31. The molecular weight excluding hydrogens is 281 g/mol. The Bertz CT molecular complexity index is 906. The van der Waals surface area contributed by atoms with Crippen LogP contribution < -0.4 is 4.74 Å². The molecule has 0 spiro atoms. The second-order valence-corrected chi connectivity index (χ2v) is 4.64. The van der Waals surface area contributed by atoms with Crippen LogP contribution in [0.3, 0.4) is 0 Å². The second-order valence-electron chi connectivity index (χ2n) is 4.64. The highest BCUT2D eigenvalue weighted by Gasteiger charge is 2.13. The van der Waals surface area contributed by atoms with E-state index in [-0.39, 0.29) is 5.82 Å². The zero-order chi connectivity index (χ0) is 15.5. The molecule has 0 fully saturated rings. The number of hydrogen-bond acceptors (Lipinski definition) is 3. The summed E-state index contributed by atoms with van der Waals surface area (Å²) >= 11 is 0. The number of benzene rings is 2. The molecule has 0 unspecified atom stereocenters. The van der Waals surface area contributed by atoms with E-state index in [1.807, 2.05) is 0 Å². The van der Waals surface area contributed by atoms with Crippen molar-refractivity contribution in [2.24, 2.45) is 0 Å². The Hall–Kier alpha value is -3.13. The number of methoxy groups -OCH3 is 1. The summed E-state index contributed by atoms with van der Waals surface area (Å²) in [5.74, 6) is 0.158. The molecule has 1 N–H and O–H groups in total. The number of aromatic nitrogens is 2. The van der Waals surface area contributed by atoms with E-state index >= 15 is 0 Å². The van der Waals surface area contributed by atoms with E-state index in [2.05, 4.69) is 16.3 Å². The molecule has 0 saturated heterocycles. The molecule has 3 rings (SSSR count). The molecule has 0 aliphatic rings. The van der Waals surface area contributed by atoms with Crippen molar-refractivity contribution in [3.05, 3.63) is 59.0 Å². The van der Waals surface area contributed by atoms with Crippen molar-refractivity contribution in [1.29, 1.82) is 5.26 Å². The molecule has 0 aliphatic heterocycles. The first-order valence-corrected chi connectivity index (χ1v) is 6.62. The van der Waals surface area contributed by atoms with Crippen LogP contribution in [0.5, 0.6) is 5.75 Å². The average Bonchev–Trinajstić information content (AvgIpc) is 2.96. The maximum Gasteiger partial charge on any atom is 0.148 e. The molecule has 0 saturated carbocycles. The van der Waals surface area contributed by atoms with Gasteiger partial charge in [0.2, 0.25) is 0 Å². The molecule has 0 bridgehead atoms. The maximum absolute atomic E-state index is 13.6. The summed E-state index contributed by atoms with van der Waals surface area (Å²) in [6.45, 7) is 0. The van der Waals surface area contributed by atoms with Crippen molar-refractivity contribution in [2.75, 3.05) is 7.11 Å². The second kappa shape index (κ2) is 5.70. The van der Waals surface area contributed by atoms with E-state index < -0.39 is 0 Å². The fraction of sp³-hybridized carbons (Fsp3) is 0.0588. The Morgan fingerprint density at radius 1 is 1.23 bits per heavy atom. The zero-order valence-electron chi connectivity index (χ0n) is 11.8. The minimum absolute atomic E-state index is 0.303. The normalized spacial score (nSPS) is 11.0. The standard InChI is InChI=1S/C17H12FN3O/c1-22-17-12(10-19)7-9-15-16(17)14(20-21-15)8-6-11-4-2-3-5-13(11)18/h2-9H,1H3,(H,20,21). The highest BCUT2D eigenvalue weighted by molar-refractivity contribution is 5.95. The third-order valence-electron chi connectivity index (χ3n) is 3.36. The van der Waals surface area contributed by atoms with Gasteiger partial charge in [-0.1, -0.05) is 18.2 Å². The van der Waals surface area contributed by atoms with Gasteiger partial charge < -0.3 is 4.74 Å². The lowest BCUT2D eigenvalue weighted by Gasteiger charge is -2.04. The number of nitriles is 1. The first-order chi connectivity index (χ1) is 10.7. The lowest BCUT2D eigenvalue weighted by molar-refractivity contribution is 0.418. The van der Waals surface area contributed by atoms with Crippen molar-refractivity contribution in [3.63, 3.8) is 0 Å². The van der Waals surface area contributed by atoms with Crippen molar-refractivity contribution >= 4 is 23.1 Å². The van der Waals surface area contributed by atoms with Gasteiger partial charge in [0.1, 0.15) is 17.6 Å². The van der Waals surface area contributed by atoms with Gasteiger partial charge in [-0.05, 0) is 30.4 Å². The molecule has 0 radical (unpaired) electrons. The van der Waals surface area contributed by atoms with Crippen LogP contribution in [-0.2, 0) is 0 Å². The molecule has 1 heterocycles. The number of fused-ring (bicyclic) bond motifs is 1. The summed E-state index contributed by atoms with van der Waals surface area (Å²) in [7, 11) is 1.51. The highest BCUT2D eigenvalue weighted by Crippen LogP contribution is 2.31.